The van der Waals surface area contributed by atoms with Gasteiger partial charge in [0.1, 0.15) is 6.04 Å². The van der Waals surface area contributed by atoms with E-state index in [0.717, 1.165) is 30.0 Å². The molecule has 1 unspecified atom stereocenters. The predicted molar refractivity (Wildman–Crippen MR) is 100 cm³/mol. The molecule has 0 radical (unpaired) electrons. The second kappa shape index (κ2) is 12.6. The minimum atomic E-state index is -1.15. The molecule has 0 bridgehead atoms. The smallest absolute Gasteiger partial charge is 0.326 e. The molecule has 4 amide bonds. The summed E-state index contributed by atoms with van der Waals surface area (Å²) in [5.41, 5.74) is 0. The van der Waals surface area contributed by atoms with Gasteiger partial charge in [-0.05, 0) is 39.3 Å². The van der Waals surface area contributed by atoms with Crippen LogP contribution in [-0.4, -0.2) is 72.3 Å². The number of aliphatic carboxylic acids is 1. The van der Waals surface area contributed by atoms with E-state index in [9.17, 15) is 29.1 Å². The monoisotopic (exact) mass is 396 g/mol. The van der Waals surface area contributed by atoms with E-state index in [-0.39, 0.29) is 25.3 Å². The van der Waals surface area contributed by atoms with Gasteiger partial charge in [0.2, 0.25) is 11.8 Å². The summed E-state index contributed by atoms with van der Waals surface area (Å²) in [5.74, 6) is -2.71. The summed E-state index contributed by atoms with van der Waals surface area (Å²) in [7, 11) is 1.82. The summed E-state index contributed by atoms with van der Waals surface area (Å²) in [5, 5.41) is 17.4. The van der Waals surface area contributed by atoms with Gasteiger partial charge in [0, 0.05) is 38.1 Å². The zero-order valence-electron chi connectivity index (χ0n) is 16.0. The highest BCUT2D eigenvalue weighted by Gasteiger charge is 2.25. The molecule has 0 spiro atoms. The maximum Gasteiger partial charge on any atom is 0.326 e. The first-order valence-electron chi connectivity index (χ1n) is 9.32. The number of imide groups is 1. The molecular formula is C18H28N4O6. The van der Waals surface area contributed by atoms with E-state index < -0.39 is 29.7 Å². The molecule has 0 saturated heterocycles. The maximum absolute atomic E-state index is 11.9. The van der Waals surface area contributed by atoms with E-state index in [4.69, 9.17) is 0 Å². The molecule has 10 heteroatoms. The lowest BCUT2D eigenvalue weighted by Crippen LogP contribution is -2.42. The summed E-state index contributed by atoms with van der Waals surface area (Å²) < 4.78 is 0. The van der Waals surface area contributed by atoms with Gasteiger partial charge in [-0.25, -0.2) is 4.79 Å². The molecule has 0 aromatic heterocycles. The molecule has 1 rings (SSSR count). The molecule has 1 atom stereocenters. The van der Waals surface area contributed by atoms with Crippen molar-refractivity contribution in [3.05, 3.63) is 12.2 Å². The summed E-state index contributed by atoms with van der Waals surface area (Å²) in [6.07, 6.45) is 4.61. The van der Waals surface area contributed by atoms with E-state index in [1.54, 1.807) is 0 Å². The van der Waals surface area contributed by atoms with Crippen LogP contribution in [0.2, 0.25) is 0 Å². The van der Waals surface area contributed by atoms with Gasteiger partial charge in [-0.2, -0.15) is 0 Å². The molecule has 156 valence electrons. The molecular weight excluding hydrogens is 368 g/mol. The number of carbonyl (C=O) groups excluding carboxylic acids is 4. The largest absolute Gasteiger partial charge is 0.480 e. The van der Waals surface area contributed by atoms with E-state index in [1.165, 1.54) is 0 Å². The number of unbranched alkanes of at least 4 members (excludes halogenated alkanes) is 1. The van der Waals surface area contributed by atoms with Crippen LogP contribution in [0, 0.1) is 0 Å². The fourth-order valence-electron chi connectivity index (χ4n) is 2.60. The van der Waals surface area contributed by atoms with Gasteiger partial charge in [0.05, 0.1) is 0 Å². The van der Waals surface area contributed by atoms with Crippen molar-refractivity contribution in [2.75, 3.05) is 26.7 Å². The van der Waals surface area contributed by atoms with E-state index in [0.29, 0.717) is 25.8 Å². The molecule has 0 aromatic rings. The number of rotatable bonds is 14. The molecule has 4 N–H and O–H groups in total. The first-order valence-corrected chi connectivity index (χ1v) is 9.32. The Labute approximate surface area is 163 Å². The lowest BCUT2D eigenvalue weighted by Gasteiger charge is -2.17. The second-order valence-electron chi connectivity index (χ2n) is 6.42. The third kappa shape index (κ3) is 8.76. The summed E-state index contributed by atoms with van der Waals surface area (Å²) in [4.78, 5) is 58.5. The van der Waals surface area contributed by atoms with Crippen LogP contribution in [0.1, 0.15) is 38.5 Å². The normalized spacial score (nSPS) is 14.2. The van der Waals surface area contributed by atoms with Crippen LogP contribution in [0.5, 0.6) is 0 Å². The Kier molecular flexibility index (Phi) is 10.5. The van der Waals surface area contributed by atoms with Gasteiger partial charge >= 0.3 is 5.97 Å². The highest BCUT2D eigenvalue weighted by atomic mass is 16.4. The van der Waals surface area contributed by atoms with Crippen LogP contribution in [-0.2, 0) is 24.0 Å². The molecule has 0 saturated carbocycles. The van der Waals surface area contributed by atoms with E-state index >= 15 is 0 Å². The fraction of sp³-hybridized carbons (Fsp3) is 0.611. The van der Waals surface area contributed by atoms with Crippen molar-refractivity contribution >= 4 is 29.6 Å². The van der Waals surface area contributed by atoms with Crippen molar-refractivity contribution < 1.29 is 29.1 Å². The zero-order valence-corrected chi connectivity index (χ0v) is 16.0. The van der Waals surface area contributed by atoms with E-state index in [2.05, 4.69) is 16.0 Å². The quantitative estimate of drug-likeness (QED) is 0.221. The van der Waals surface area contributed by atoms with Gasteiger partial charge in [0.15, 0.2) is 0 Å². The lowest BCUT2D eigenvalue weighted by atomic mass is 10.1. The summed E-state index contributed by atoms with van der Waals surface area (Å²) >= 11 is 0. The van der Waals surface area contributed by atoms with Crippen LogP contribution >= 0.6 is 0 Å². The SMILES string of the molecule is CNCCCC(=O)NCCCCC(NC(=O)CCN1C(=O)C=CC1=O)C(=O)O. The minimum absolute atomic E-state index is 0.0427. The Morgan fingerprint density at radius 2 is 1.68 bits per heavy atom. The van der Waals surface area contributed by atoms with Crippen molar-refractivity contribution in [3.63, 3.8) is 0 Å². The number of nitrogens with one attached hydrogen (secondary N) is 3. The van der Waals surface area contributed by atoms with Crippen molar-refractivity contribution in [1.29, 1.82) is 0 Å². The third-order valence-corrected chi connectivity index (χ3v) is 4.17. The number of hydrogen-bond acceptors (Lipinski definition) is 6. The minimum Gasteiger partial charge on any atom is -0.480 e. The number of carboxylic acid groups (broad SMARTS) is 1. The van der Waals surface area contributed by atoms with Gasteiger partial charge in [0.25, 0.3) is 11.8 Å². The Balaban J connectivity index is 2.23. The van der Waals surface area contributed by atoms with Gasteiger partial charge < -0.3 is 21.1 Å². The first kappa shape index (κ1) is 23.3. The Hall–Kier alpha value is -2.75. The molecule has 1 aliphatic rings. The third-order valence-electron chi connectivity index (χ3n) is 4.17. The Morgan fingerprint density at radius 1 is 1.00 bits per heavy atom. The van der Waals surface area contributed by atoms with Crippen LogP contribution in [0.3, 0.4) is 0 Å². The van der Waals surface area contributed by atoms with Gasteiger partial charge in [-0.15, -0.1) is 0 Å². The van der Waals surface area contributed by atoms with Crippen LogP contribution in [0.15, 0.2) is 12.2 Å². The number of carboxylic acids is 1. The van der Waals surface area contributed by atoms with Crippen molar-refractivity contribution in [1.82, 2.24) is 20.9 Å². The van der Waals surface area contributed by atoms with Crippen LogP contribution in [0.4, 0.5) is 0 Å². The summed E-state index contributed by atoms with van der Waals surface area (Å²) in [6, 6.07) is -1.05. The predicted octanol–water partition coefficient (Wildman–Crippen LogP) is -0.843. The molecule has 0 fully saturated rings. The fourth-order valence-corrected chi connectivity index (χ4v) is 2.60. The molecule has 1 aliphatic heterocycles. The highest BCUT2D eigenvalue weighted by Crippen LogP contribution is 2.05. The maximum atomic E-state index is 11.9. The van der Waals surface area contributed by atoms with Crippen LogP contribution < -0.4 is 16.0 Å². The number of carbonyl (C=O) groups is 5. The van der Waals surface area contributed by atoms with Gasteiger partial charge in [-0.3, -0.25) is 24.1 Å². The summed E-state index contributed by atoms with van der Waals surface area (Å²) in [6.45, 7) is 1.12. The van der Waals surface area contributed by atoms with E-state index in [1.807, 2.05) is 7.05 Å². The first-order chi connectivity index (χ1) is 13.3. The number of hydrogen-bond donors (Lipinski definition) is 4. The lowest BCUT2D eigenvalue weighted by molar-refractivity contribution is -0.143. The van der Waals surface area contributed by atoms with Crippen molar-refractivity contribution in [3.8, 4) is 0 Å². The average Bonchev–Trinajstić information content (AvgIpc) is 2.96. The molecule has 0 aliphatic carbocycles. The van der Waals surface area contributed by atoms with Gasteiger partial charge in [-0.1, -0.05) is 0 Å². The molecule has 28 heavy (non-hydrogen) atoms. The number of amides is 4. The molecule has 10 nitrogen and oxygen atoms in total. The molecule has 0 aromatic carbocycles. The Bertz CT molecular complexity index is 601. The topological polar surface area (TPSA) is 145 Å². The van der Waals surface area contributed by atoms with Crippen LogP contribution in [0.25, 0.3) is 0 Å². The van der Waals surface area contributed by atoms with Crippen molar-refractivity contribution in [2.45, 2.75) is 44.6 Å². The zero-order chi connectivity index (χ0) is 20.9. The second-order valence-corrected chi connectivity index (χ2v) is 6.42. The van der Waals surface area contributed by atoms with Crippen molar-refractivity contribution in [2.24, 2.45) is 0 Å². The standard InChI is InChI=1S/C18H28N4O6/c1-19-10-4-6-14(23)20-11-3-2-5-13(18(27)28)21-15(24)9-12-22-16(25)7-8-17(22)26/h7-8,13,19H,2-6,9-12H2,1H3,(H,20,23)(H,21,24)(H,27,28). The average molecular weight is 396 g/mol. The number of nitrogens with zero attached hydrogens (tertiary/aromatic N) is 1. The Morgan fingerprint density at radius 3 is 2.29 bits per heavy atom. The molecule has 1 heterocycles. The highest BCUT2D eigenvalue weighted by molar-refractivity contribution is 6.13.